The van der Waals surface area contributed by atoms with Crippen molar-refractivity contribution >= 4 is 61.8 Å². The van der Waals surface area contributed by atoms with E-state index in [-0.39, 0.29) is 30.1 Å². The summed E-state index contributed by atoms with van der Waals surface area (Å²) in [5, 5.41) is 6.04. The van der Waals surface area contributed by atoms with E-state index >= 15 is 0 Å². The molecule has 2 aliphatic carbocycles. The maximum absolute atomic E-state index is 13.8. The zero-order valence-electron chi connectivity index (χ0n) is 23.5. The van der Waals surface area contributed by atoms with Crippen LogP contribution >= 0.6 is 34.5 Å². The number of aromatic nitrogens is 2. The van der Waals surface area contributed by atoms with Crippen LogP contribution in [0.15, 0.2) is 34.9 Å². The molecule has 0 amide bonds. The molecule has 3 atom stereocenters. The molecule has 11 heteroatoms. The van der Waals surface area contributed by atoms with Crippen molar-refractivity contribution in [2.24, 2.45) is 0 Å². The normalized spacial score (nSPS) is 23.1. The highest BCUT2D eigenvalue weighted by molar-refractivity contribution is 7.22. The number of anilines is 1. The Balaban J connectivity index is 1.05. The summed E-state index contributed by atoms with van der Waals surface area (Å²) in [4.78, 5) is 33.7. The molecule has 8 nitrogen and oxygen atoms in total. The first-order valence-electron chi connectivity index (χ1n) is 14.9. The third-order valence-electron chi connectivity index (χ3n) is 9.21. The third-order valence-corrected chi connectivity index (χ3v) is 10.9. The molecule has 2 aromatic heterocycles. The van der Waals surface area contributed by atoms with Gasteiger partial charge in [-0.25, -0.2) is 14.6 Å². The van der Waals surface area contributed by atoms with Gasteiger partial charge in [0.1, 0.15) is 17.4 Å². The quantitative estimate of drug-likeness (QED) is 0.187. The molecule has 43 heavy (non-hydrogen) atoms. The van der Waals surface area contributed by atoms with E-state index in [9.17, 15) is 9.59 Å². The molecule has 2 aliphatic heterocycles. The fourth-order valence-corrected chi connectivity index (χ4v) is 8.62. The van der Waals surface area contributed by atoms with Crippen LogP contribution in [0.4, 0.5) is 5.13 Å². The van der Waals surface area contributed by atoms with Crippen molar-refractivity contribution in [1.29, 1.82) is 0 Å². The highest BCUT2D eigenvalue weighted by Gasteiger charge is 2.45. The van der Waals surface area contributed by atoms with Crippen molar-refractivity contribution < 1.29 is 23.6 Å². The lowest BCUT2D eigenvalue weighted by atomic mass is 9.99. The van der Waals surface area contributed by atoms with E-state index in [0.29, 0.717) is 56.9 Å². The highest BCUT2D eigenvalue weighted by Crippen LogP contribution is 2.49. The lowest BCUT2D eigenvalue weighted by molar-refractivity contribution is 0.0202. The van der Waals surface area contributed by atoms with E-state index in [4.69, 9.17) is 42.2 Å². The summed E-state index contributed by atoms with van der Waals surface area (Å²) in [6, 6.07) is 9.50. The zero-order valence-corrected chi connectivity index (χ0v) is 25.8. The molecule has 0 N–H and O–H groups in total. The van der Waals surface area contributed by atoms with Gasteiger partial charge in [-0.3, -0.25) is 0 Å². The lowest BCUT2D eigenvalue weighted by Crippen LogP contribution is -2.46. The number of fused-ring (bicyclic) bond motifs is 3. The van der Waals surface area contributed by atoms with Crippen LogP contribution in [0.3, 0.4) is 0 Å². The number of halogens is 2. The predicted octanol–water partition coefficient (Wildman–Crippen LogP) is 8.16. The van der Waals surface area contributed by atoms with Crippen LogP contribution in [0.2, 0.25) is 10.0 Å². The van der Waals surface area contributed by atoms with Gasteiger partial charge in [0, 0.05) is 36.4 Å². The number of carbonyl (C=O) groups is 2. The number of nitrogens with zero attached hydrogens (tertiary/aromatic N) is 3. The van der Waals surface area contributed by atoms with E-state index in [1.807, 2.05) is 12.1 Å². The first-order chi connectivity index (χ1) is 20.9. The number of esters is 2. The van der Waals surface area contributed by atoms with Crippen LogP contribution in [0.25, 0.3) is 21.5 Å². The van der Waals surface area contributed by atoms with Crippen molar-refractivity contribution in [2.45, 2.75) is 81.4 Å². The van der Waals surface area contributed by atoms with Gasteiger partial charge in [0.2, 0.25) is 0 Å². The number of hydrogen-bond acceptors (Lipinski definition) is 9. The molecule has 0 spiro atoms. The number of methoxy groups -OCH3 is 1. The number of ether oxygens (including phenoxy) is 2. The Morgan fingerprint density at radius 2 is 1.67 bits per heavy atom. The fraction of sp³-hybridized carbons (Fsp3) is 0.438. The van der Waals surface area contributed by atoms with Gasteiger partial charge in [-0.05, 0) is 74.3 Å². The summed E-state index contributed by atoms with van der Waals surface area (Å²) >= 11 is 14.6. The maximum Gasteiger partial charge on any atom is 0.344 e. The summed E-state index contributed by atoms with van der Waals surface area (Å²) in [7, 11) is 1.42. The molecule has 8 rings (SSSR count). The second kappa shape index (κ2) is 10.5. The fourth-order valence-electron chi connectivity index (χ4n) is 6.86. The molecule has 4 aliphatic rings. The second-order valence-electron chi connectivity index (χ2n) is 12.1. The molecular weight excluding hydrogens is 609 g/mol. The molecule has 2 saturated heterocycles. The first kappa shape index (κ1) is 27.4. The van der Waals surface area contributed by atoms with E-state index in [1.165, 1.54) is 7.11 Å². The number of thiazole rings is 1. The standard InChI is InChI=1S/C32H29Cl2N3O5S/c1-40-30(38)17-11-21(15-5-6-15)27-24(12-17)43-32(35-27)37-18-9-10-19(37)14-20(13-18)41-31(39)26-28(36-42-29(26)16-7-8-16)25-22(33)3-2-4-23(25)34/h2-4,11-12,15-16,18-20H,5-10,13-14H2,1H3/t18-,19+,20+. The Morgan fingerprint density at radius 1 is 0.977 bits per heavy atom. The highest BCUT2D eigenvalue weighted by atomic mass is 35.5. The van der Waals surface area contributed by atoms with Gasteiger partial charge in [-0.15, -0.1) is 0 Å². The molecule has 4 aromatic rings. The number of benzene rings is 2. The minimum Gasteiger partial charge on any atom is -0.465 e. The Bertz CT molecular complexity index is 1740. The monoisotopic (exact) mass is 637 g/mol. The molecule has 2 aromatic carbocycles. The third kappa shape index (κ3) is 4.80. The van der Waals surface area contributed by atoms with Crippen molar-refractivity contribution in [1.82, 2.24) is 10.1 Å². The molecule has 4 fully saturated rings. The van der Waals surface area contributed by atoms with Crippen LogP contribution in [0.5, 0.6) is 0 Å². The van der Waals surface area contributed by atoms with E-state index in [0.717, 1.165) is 59.4 Å². The van der Waals surface area contributed by atoms with Gasteiger partial charge >= 0.3 is 11.9 Å². The average molecular weight is 639 g/mol. The van der Waals surface area contributed by atoms with Crippen molar-refractivity contribution in [2.75, 3.05) is 12.0 Å². The van der Waals surface area contributed by atoms with E-state index in [1.54, 1.807) is 29.5 Å². The van der Waals surface area contributed by atoms with Gasteiger partial charge in [0.15, 0.2) is 10.9 Å². The zero-order chi connectivity index (χ0) is 29.4. The van der Waals surface area contributed by atoms with Gasteiger partial charge in [0.25, 0.3) is 0 Å². The average Bonchev–Trinajstić information content (AvgIpc) is 3.91. The minimum atomic E-state index is -0.434. The van der Waals surface area contributed by atoms with Gasteiger partial charge < -0.3 is 18.9 Å². The molecule has 222 valence electrons. The molecular formula is C32H29Cl2N3O5S. The van der Waals surface area contributed by atoms with Gasteiger partial charge in [-0.2, -0.15) is 0 Å². The van der Waals surface area contributed by atoms with Crippen molar-refractivity contribution in [3.8, 4) is 11.3 Å². The lowest BCUT2D eigenvalue weighted by Gasteiger charge is -2.38. The SMILES string of the molecule is COC(=O)c1cc(C2CC2)c2nc(N3[C@@H]4CC[C@H]3C[C@@H](OC(=O)c3c(-c5c(Cl)cccc5Cl)noc3C3CC3)C4)sc2c1. The minimum absolute atomic E-state index is 0.155. The summed E-state index contributed by atoms with van der Waals surface area (Å²) < 4.78 is 17.9. The van der Waals surface area contributed by atoms with Crippen LogP contribution in [-0.2, 0) is 9.47 Å². The molecule has 4 heterocycles. The van der Waals surface area contributed by atoms with Crippen LogP contribution in [0.1, 0.15) is 95.2 Å². The molecule has 0 unspecified atom stereocenters. The molecule has 2 bridgehead atoms. The number of piperidine rings is 1. The first-order valence-corrected chi connectivity index (χ1v) is 16.4. The van der Waals surface area contributed by atoms with Gasteiger partial charge in [-0.1, -0.05) is 45.8 Å². The Hall–Kier alpha value is -3.14. The topological polar surface area (TPSA) is 94.8 Å². The van der Waals surface area contributed by atoms with Crippen LogP contribution in [0, 0.1) is 0 Å². The van der Waals surface area contributed by atoms with E-state index in [2.05, 4.69) is 10.1 Å². The predicted molar refractivity (Wildman–Crippen MR) is 165 cm³/mol. The molecule has 2 saturated carbocycles. The smallest absolute Gasteiger partial charge is 0.344 e. The summed E-state index contributed by atoms with van der Waals surface area (Å²) in [5.74, 6) is 0.411. The summed E-state index contributed by atoms with van der Waals surface area (Å²) in [6.07, 6.45) is 7.35. The Kier molecular flexibility index (Phi) is 6.69. The second-order valence-corrected chi connectivity index (χ2v) is 13.9. The maximum atomic E-state index is 13.8. The number of carbonyl (C=O) groups excluding carboxylic acids is 2. The largest absolute Gasteiger partial charge is 0.465 e. The summed E-state index contributed by atoms with van der Waals surface area (Å²) in [5.41, 5.74) is 3.89. The number of hydrogen-bond donors (Lipinski definition) is 0. The summed E-state index contributed by atoms with van der Waals surface area (Å²) in [6.45, 7) is 0. The van der Waals surface area contributed by atoms with Crippen molar-refractivity contribution in [3.05, 3.63) is 62.8 Å². The van der Waals surface area contributed by atoms with Gasteiger partial charge in [0.05, 0.1) is 32.9 Å². The van der Waals surface area contributed by atoms with Crippen LogP contribution in [-0.4, -0.2) is 47.4 Å². The van der Waals surface area contributed by atoms with Crippen LogP contribution < -0.4 is 4.90 Å². The van der Waals surface area contributed by atoms with Crippen molar-refractivity contribution in [3.63, 3.8) is 0 Å². The Morgan fingerprint density at radius 3 is 2.33 bits per heavy atom. The molecule has 0 radical (unpaired) electrons. The Labute approximate surface area is 262 Å². The van der Waals surface area contributed by atoms with E-state index < -0.39 is 5.97 Å². The number of rotatable bonds is 7.